The second-order valence-electron chi connectivity index (χ2n) is 9.14. The van der Waals surface area contributed by atoms with Gasteiger partial charge in [-0.25, -0.2) is 13.4 Å². The SMILES string of the molecule is Cc1ccc(S(=O)(=O)c2nnn3c2nc(N2CCN(c4ccccc4)CC2)c2ccccc23)cc1C. The van der Waals surface area contributed by atoms with E-state index < -0.39 is 9.84 Å². The van der Waals surface area contributed by atoms with Gasteiger partial charge in [0.05, 0.1) is 10.4 Å². The van der Waals surface area contributed by atoms with Gasteiger partial charge in [-0.05, 0) is 61.4 Å². The third-order valence-electron chi connectivity index (χ3n) is 6.95. The highest BCUT2D eigenvalue weighted by Crippen LogP contribution is 2.31. The molecule has 0 radical (unpaired) electrons. The molecule has 8 nitrogen and oxygen atoms in total. The van der Waals surface area contributed by atoms with Crippen LogP contribution in [0.15, 0.2) is 82.7 Å². The number of rotatable bonds is 4. The number of fused-ring (bicyclic) bond motifs is 3. The van der Waals surface area contributed by atoms with E-state index in [9.17, 15) is 8.42 Å². The predicted molar refractivity (Wildman–Crippen MR) is 141 cm³/mol. The molecule has 0 saturated carbocycles. The molecule has 0 bridgehead atoms. The first kappa shape index (κ1) is 22.5. The van der Waals surface area contributed by atoms with Crippen LogP contribution in [0.1, 0.15) is 11.1 Å². The average molecular weight is 499 g/mol. The molecule has 36 heavy (non-hydrogen) atoms. The molecule has 1 saturated heterocycles. The first-order valence-corrected chi connectivity index (χ1v) is 13.4. The molecule has 0 aliphatic carbocycles. The molecule has 0 unspecified atom stereocenters. The van der Waals surface area contributed by atoms with E-state index in [1.807, 2.05) is 50.2 Å². The molecule has 3 heterocycles. The van der Waals surface area contributed by atoms with Crippen molar-refractivity contribution in [3.63, 3.8) is 0 Å². The molecular formula is C27H26N6O2S. The Bertz CT molecular complexity index is 1690. The van der Waals surface area contributed by atoms with E-state index >= 15 is 0 Å². The molecule has 1 aliphatic rings. The summed E-state index contributed by atoms with van der Waals surface area (Å²) in [6.07, 6.45) is 0. The molecule has 0 spiro atoms. The minimum absolute atomic E-state index is 0.124. The molecule has 0 N–H and O–H groups in total. The Kier molecular flexibility index (Phi) is 5.37. The molecule has 0 atom stereocenters. The zero-order chi connectivity index (χ0) is 24.9. The van der Waals surface area contributed by atoms with E-state index in [-0.39, 0.29) is 15.6 Å². The topological polar surface area (TPSA) is 83.7 Å². The summed E-state index contributed by atoms with van der Waals surface area (Å²) in [6.45, 7) is 7.08. The van der Waals surface area contributed by atoms with Crippen LogP contribution in [-0.4, -0.2) is 54.4 Å². The lowest BCUT2D eigenvalue weighted by atomic mass is 10.1. The molecule has 2 aromatic heterocycles. The van der Waals surface area contributed by atoms with Crippen LogP contribution < -0.4 is 9.80 Å². The van der Waals surface area contributed by atoms with Crippen molar-refractivity contribution in [3.05, 3.63) is 83.9 Å². The monoisotopic (exact) mass is 498 g/mol. The minimum Gasteiger partial charge on any atom is -0.368 e. The summed E-state index contributed by atoms with van der Waals surface area (Å²) < 4.78 is 28.8. The van der Waals surface area contributed by atoms with Crippen LogP contribution >= 0.6 is 0 Å². The molecule has 1 fully saturated rings. The summed E-state index contributed by atoms with van der Waals surface area (Å²) >= 11 is 0. The van der Waals surface area contributed by atoms with E-state index in [1.54, 1.807) is 12.1 Å². The fraction of sp³-hybridized carbons (Fsp3) is 0.222. The van der Waals surface area contributed by atoms with E-state index in [1.165, 1.54) is 10.2 Å². The fourth-order valence-corrected chi connectivity index (χ4v) is 6.07. The number of anilines is 2. The number of nitrogens with zero attached hydrogens (tertiary/aromatic N) is 6. The van der Waals surface area contributed by atoms with Gasteiger partial charge in [0.25, 0.3) is 0 Å². The van der Waals surface area contributed by atoms with Gasteiger partial charge < -0.3 is 9.80 Å². The van der Waals surface area contributed by atoms with Gasteiger partial charge in [0.1, 0.15) is 5.82 Å². The predicted octanol–water partition coefficient (Wildman–Crippen LogP) is 4.05. The average Bonchev–Trinajstić information content (AvgIpc) is 3.36. The highest BCUT2D eigenvalue weighted by Gasteiger charge is 2.29. The van der Waals surface area contributed by atoms with Gasteiger partial charge in [-0.3, -0.25) is 0 Å². The maximum absolute atomic E-state index is 13.6. The van der Waals surface area contributed by atoms with Crippen molar-refractivity contribution in [2.75, 3.05) is 36.0 Å². The summed E-state index contributed by atoms with van der Waals surface area (Å²) in [4.78, 5) is 9.66. The first-order valence-electron chi connectivity index (χ1n) is 11.9. The lowest BCUT2D eigenvalue weighted by Gasteiger charge is -2.37. The van der Waals surface area contributed by atoms with Crippen LogP contribution in [0.3, 0.4) is 0 Å². The summed E-state index contributed by atoms with van der Waals surface area (Å²) in [6, 6.07) is 23.3. The summed E-state index contributed by atoms with van der Waals surface area (Å²) in [5.74, 6) is 0.754. The summed E-state index contributed by atoms with van der Waals surface area (Å²) in [7, 11) is -3.91. The smallest absolute Gasteiger partial charge is 0.229 e. The van der Waals surface area contributed by atoms with E-state index in [4.69, 9.17) is 4.98 Å². The molecule has 1 aliphatic heterocycles. The number of hydrogen-bond donors (Lipinski definition) is 0. The van der Waals surface area contributed by atoms with Crippen molar-refractivity contribution >= 4 is 37.9 Å². The number of piperazine rings is 1. The van der Waals surface area contributed by atoms with Crippen molar-refractivity contribution < 1.29 is 8.42 Å². The number of aryl methyl sites for hydroxylation is 2. The van der Waals surface area contributed by atoms with Gasteiger partial charge in [-0.15, -0.1) is 5.10 Å². The standard InChI is InChI=1S/C27H26N6O2S/c1-19-12-13-22(18-20(19)2)36(34,35)27-26-28-25(23-10-6-7-11-24(23)33(26)30-29-27)32-16-14-31(15-17-32)21-8-4-3-5-9-21/h3-13,18H,14-17H2,1-2H3. The molecule has 5 aromatic rings. The molecule has 6 rings (SSSR count). The fourth-order valence-electron chi connectivity index (χ4n) is 4.75. The van der Waals surface area contributed by atoms with Gasteiger partial charge in [-0.2, -0.15) is 4.52 Å². The van der Waals surface area contributed by atoms with Crippen LogP contribution in [-0.2, 0) is 9.84 Å². The van der Waals surface area contributed by atoms with Gasteiger partial charge in [0, 0.05) is 37.3 Å². The summed E-state index contributed by atoms with van der Waals surface area (Å²) in [5, 5.41) is 9.12. The van der Waals surface area contributed by atoms with Crippen molar-refractivity contribution in [2.45, 2.75) is 23.8 Å². The van der Waals surface area contributed by atoms with E-state index in [2.05, 4.69) is 44.4 Å². The Hall–Kier alpha value is -3.98. The maximum atomic E-state index is 13.6. The minimum atomic E-state index is -3.91. The second-order valence-corrected chi connectivity index (χ2v) is 11.0. The van der Waals surface area contributed by atoms with Crippen LogP contribution in [0.2, 0.25) is 0 Å². The lowest BCUT2D eigenvalue weighted by Crippen LogP contribution is -2.47. The zero-order valence-corrected chi connectivity index (χ0v) is 21.0. The number of aromatic nitrogens is 4. The zero-order valence-electron chi connectivity index (χ0n) is 20.2. The van der Waals surface area contributed by atoms with Crippen molar-refractivity contribution in [1.82, 2.24) is 19.8 Å². The Labute approximate surface area is 209 Å². The van der Waals surface area contributed by atoms with Crippen molar-refractivity contribution in [1.29, 1.82) is 0 Å². The van der Waals surface area contributed by atoms with E-state index in [0.29, 0.717) is 0 Å². The third-order valence-corrected chi connectivity index (χ3v) is 8.59. The molecule has 0 amide bonds. The van der Waals surface area contributed by atoms with Gasteiger partial charge in [0.2, 0.25) is 14.9 Å². The van der Waals surface area contributed by atoms with Gasteiger partial charge in [0.15, 0.2) is 5.65 Å². The highest BCUT2D eigenvalue weighted by molar-refractivity contribution is 7.91. The largest absolute Gasteiger partial charge is 0.368 e. The lowest BCUT2D eigenvalue weighted by molar-refractivity contribution is 0.592. The first-order chi connectivity index (χ1) is 17.4. The van der Waals surface area contributed by atoms with E-state index in [0.717, 1.165) is 54.0 Å². The highest BCUT2D eigenvalue weighted by atomic mass is 32.2. The van der Waals surface area contributed by atoms with Crippen LogP contribution in [0, 0.1) is 13.8 Å². The maximum Gasteiger partial charge on any atom is 0.229 e. The molecule has 182 valence electrons. The quantitative estimate of drug-likeness (QED) is 0.370. The molecular weight excluding hydrogens is 472 g/mol. The van der Waals surface area contributed by atoms with Crippen molar-refractivity contribution in [2.24, 2.45) is 0 Å². The third kappa shape index (κ3) is 3.67. The Morgan fingerprint density at radius 1 is 0.778 bits per heavy atom. The van der Waals surface area contributed by atoms with Crippen LogP contribution in [0.25, 0.3) is 16.6 Å². The molecule has 3 aromatic carbocycles. The number of hydrogen-bond acceptors (Lipinski definition) is 7. The van der Waals surface area contributed by atoms with Crippen LogP contribution in [0.5, 0.6) is 0 Å². The molecule has 9 heteroatoms. The normalized spacial score (nSPS) is 14.6. The second kappa shape index (κ2) is 8.60. The summed E-state index contributed by atoms with van der Waals surface area (Å²) in [5.41, 5.74) is 4.15. The Morgan fingerprint density at radius 2 is 1.47 bits per heavy atom. The van der Waals surface area contributed by atoms with Gasteiger partial charge in [-0.1, -0.05) is 41.6 Å². The Morgan fingerprint density at radius 3 is 2.22 bits per heavy atom. The number of para-hydroxylation sites is 2. The van der Waals surface area contributed by atoms with Gasteiger partial charge >= 0.3 is 0 Å². The van der Waals surface area contributed by atoms with Crippen molar-refractivity contribution in [3.8, 4) is 0 Å². The van der Waals surface area contributed by atoms with Crippen LogP contribution in [0.4, 0.5) is 11.5 Å². The number of benzene rings is 3. The number of sulfone groups is 1. The Balaban J connectivity index is 1.44.